The Morgan fingerprint density at radius 2 is 0.850 bits per heavy atom. The van der Waals surface area contributed by atoms with Crippen LogP contribution in [0.5, 0.6) is 11.5 Å². The number of ether oxygens (including phenoxy) is 2. The predicted molar refractivity (Wildman–Crippen MR) is 246 cm³/mol. The Morgan fingerprint density at radius 3 is 1.23 bits per heavy atom. The molecule has 294 valence electrons. The molecule has 0 saturated heterocycles. The maximum Gasteiger partial charge on any atom is 0.120 e. The third-order valence-electron chi connectivity index (χ3n) is 11.9. The van der Waals surface area contributed by atoms with Crippen molar-refractivity contribution in [1.29, 1.82) is 10.5 Å². The number of nitriles is 2. The van der Waals surface area contributed by atoms with Gasteiger partial charge in [-0.2, -0.15) is 10.5 Å². The molecule has 6 nitrogen and oxygen atoms in total. The molecule has 0 amide bonds. The molecule has 0 bridgehead atoms. The highest BCUT2D eigenvalue weighted by molar-refractivity contribution is 6.12. The summed E-state index contributed by atoms with van der Waals surface area (Å²) >= 11 is 0. The molecule has 0 aliphatic carbocycles. The first-order valence-electron chi connectivity index (χ1n) is 20.3. The zero-order valence-corrected chi connectivity index (χ0v) is 35.3. The van der Waals surface area contributed by atoms with E-state index in [1.54, 1.807) is 14.2 Å². The maximum absolute atomic E-state index is 10.3. The topological polar surface area (TPSA) is 75.9 Å². The zero-order valence-electron chi connectivity index (χ0n) is 35.3. The first-order valence-corrected chi connectivity index (χ1v) is 20.3. The molecule has 0 aliphatic rings. The lowest BCUT2D eigenvalue weighted by atomic mass is 9.86. The van der Waals surface area contributed by atoms with Gasteiger partial charge in [0.05, 0.1) is 65.2 Å². The summed E-state index contributed by atoms with van der Waals surface area (Å²) in [6.45, 7) is 13.5. The Kier molecular flexibility index (Phi) is 9.07. The Bertz CT molecular complexity index is 3070. The number of benzene rings is 7. The van der Waals surface area contributed by atoms with Crippen LogP contribution < -0.4 is 9.47 Å². The van der Waals surface area contributed by atoms with Gasteiger partial charge in [-0.25, -0.2) is 0 Å². The number of rotatable bonds is 6. The maximum atomic E-state index is 10.3. The number of aromatic nitrogens is 2. The fourth-order valence-electron chi connectivity index (χ4n) is 8.64. The molecular formula is C54H46N4O2. The number of fused-ring (bicyclic) bond motifs is 6. The molecule has 7 aromatic carbocycles. The first kappa shape index (κ1) is 38.2. The largest absolute Gasteiger partial charge is 0.497 e. The molecule has 0 saturated carbocycles. The Hall–Kier alpha value is -7.28. The highest BCUT2D eigenvalue weighted by Gasteiger charge is 2.26. The third-order valence-corrected chi connectivity index (χ3v) is 11.9. The number of hydrogen-bond acceptors (Lipinski definition) is 4. The minimum absolute atomic E-state index is 0.109. The molecule has 0 fully saturated rings. The molecule has 0 atom stereocenters. The second-order valence-electron chi connectivity index (χ2n) is 17.7. The van der Waals surface area contributed by atoms with Gasteiger partial charge in [0.2, 0.25) is 0 Å². The van der Waals surface area contributed by atoms with Gasteiger partial charge >= 0.3 is 0 Å². The Morgan fingerprint density at radius 1 is 0.450 bits per heavy atom. The van der Waals surface area contributed by atoms with Gasteiger partial charge in [-0.1, -0.05) is 90.1 Å². The fraction of sp³-hybridized carbons (Fsp3) is 0.185. The van der Waals surface area contributed by atoms with Gasteiger partial charge in [0.25, 0.3) is 0 Å². The molecule has 0 spiro atoms. The van der Waals surface area contributed by atoms with Crippen LogP contribution in [0.15, 0.2) is 133 Å². The summed E-state index contributed by atoms with van der Waals surface area (Å²) in [5.41, 5.74) is 13.0. The summed E-state index contributed by atoms with van der Waals surface area (Å²) in [4.78, 5) is 0. The van der Waals surface area contributed by atoms with Crippen LogP contribution in [0.25, 0.3) is 77.2 Å². The summed E-state index contributed by atoms with van der Waals surface area (Å²) in [6.07, 6.45) is 0. The van der Waals surface area contributed by atoms with Gasteiger partial charge in [-0.3, -0.25) is 0 Å². The van der Waals surface area contributed by atoms with E-state index in [9.17, 15) is 10.5 Å². The lowest BCUT2D eigenvalue weighted by Crippen LogP contribution is -2.11. The van der Waals surface area contributed by atoms with Gasteiger partial charge in [-0.15, -0.1) is 0 Å². The Labute approximate surface area is 351 Å². The average molecular weight is 783 g/mol. The van der Waals surface area contributed by atoms with Crippen molar-refractivity contribution in [3.8, 4) is 57.3 Å². The van der Waals surface area contributed by atoms with E-state index in [1.807, 2.05) is 48.5 Å². The van der Waals surface area contributed by atoms with E-state index in [1.165, 1.54) is 11.1 Å². The van der Waals surface area contributed by atoms with Crippen LogP contribution >= 0.6 is 0 Å². The van der Waals surface area contributed by atoms with Crippen molar-refractivity contribution < 1.29 is 9.47 Å². The average Bonchev–Trinajstić information content (AvgIpc) is 3.76. The molecule has 0 N–H and O–H groups in total. The van der Waals surface area contributed by atoms with Crippen LogP contribution in [0.4, 0.5) is 0 Å². The van der Waals surface area contributed by atoms with Crippen molar-refractivity contribution in [2.75, 3.05) is 14.2 Å². The van der Waals surface area contributed by atoms with E-state index >= 15 is 0 Å². The number of nitrogens with zero attached hydrogens (tertiary/aromatic N) is 4. The summed E-state index contributed by atoms with van der Waals surface area (Å²) in [6, 6.07) is 51.2. The van der Waals surface area contributed by atoms with Crippen LogP contribution in [-0.2, 0) is 10.8 Å². The van der Waals surface area contributed by atoms with Crippen molar-refractivity contribution in [3.63, 3.8) is 0 Å². The zero-order chi connectivity index (χ0) is 42.1. The second-order valence-corrected chi connectivity index (χ2v) is 17.7. The molecule has 2 aromatic heterocycles. The highest BCUT2D eigenvalue weighted by Crippen LogP contribution is 2.46. The number of methoxy groups -OCH3 is 2. The van der Waals surface area contributed by atoms with E-state index in [2.05, 4.69) is 148 Å². The number of hydrogen-bond donors (Lipinski definition) is 0. The molecule has 9 rings (SSSR count). The summed E-state index contributed by atoms with van der Waals surface area (Å²) in [7, 11) is 3.38. The van der Waals surface area contributed by atoms with Crippen molar-refractivity contribution >= 4 is 43.6 Å². The monoisotopic (exact) mass is 782 g/mol. The quantitative estimate of drug-likeness (QED) is 0.168. The van der Waals surface area contributed by atoms with Crippen LogP contribution in [-0.4, -0.2) is 23.4 Å². The van der Waals surface area contributed by atoms with E-state index in [0.29, 0.717) is 11.1 Å². The van der Waals surface area contributed by atoms with Gasteiger partial charge < -0.3 is 18.6 Å². The van der Waals surface area contributed by atoms with Gasteiger partial charge in [0.15, 0.2) is 0 Å². The normalized spacial score (nSPS) is 12.0. The third kappa shape index (κ3) is 6.33. The van der Waals surface area contributed by atoms with E-state index < -0.39 is 0 Å². The summed E-state index contributed by atoms with van der Waals surface area (Å²) in [5, 5.41) is 25.0. The molecule has 6 heteroatoms. The lowest BCUT2D eigenvalue weighted by Gasteiger charge is -2.24. The predicted octanol–water partition coefficient (Wildman–Crippen LogP) is 13.6. The van der Waals surface area contributed by atoms with Gasteiger partial charge in [-0.05, 0) is 106 Å². The van der Waals surface area contributed by atoms with Gasteiger partial charge in [0, 0.05) is 50.5 Å². The lowest BCUT2D eigenvalue weighted by molar-refractivity contribution is 0.415. The van der Waals surface area contributed by atoms with E-state index in [0.717, 1.165) is 88.7 Å². The first-order chi connectivity index (χ1) is 28.8. The Balaban J connectivity index is 1.53. The summed E-state index contributed by atoms with van der Waals surface area (Å²) in [5.74, 6) is 1.49. The van der Waals surface area contributed by atoms with Crippen LogP contribution in [0.1, 0.15) is 63.8 Å². The molecule has 0 radical (unpaired) electrons. The smallest absolute Gasteiger partial charge is 0.120 e. The van der Waals surface area contributed by atoms with Crippen molar-refractivity contribution in [3.05, 3.63) is 156 Å². The molecular weight excluding hydrogens is 737 g/mol. The van der Waals surface area contributed by atoms with Crippen LogP contribution in [0.2, 0.25) is 0 Å². The molecule has 2 heterocycles. The highest BCUT2D eigenvalue weighted by atomic mass is 16.5. The molecule has 9 aromatic rings. The van der Waals surface area contributed by atoms with Crippen molar-refractivity contribution in [2.45, 2.75) is 52.4 Å². The van der Waals surface area contributed by atoms with E-state index in [-0.39, 0.29) is 10.8 Å². The van der Waals surface area contributed by atoms with Crippen LogP contribution in [0.3, 0.4) is 0 Å². The van der Waals surface area contributed by atoms with Gasteiger partial charge in [0.1, 0.15) is 11.5 Å². The molecule has 60 heavy (non-hydrogen) atoms. The van der Waals surface area contributed by atoms with Crippen molar-refractivity contribution in [1.82, 2.24) is 9.13 Å². The van der Waals surface area contributed by atoms with Crippen molar-refractivity contribution in [2.24, 2.45) is 0 Å². The summed E-state index contributed by atoms with van der Waals surface area (Å²) < 4.78 is 16.3. The molecule has 0 unspecified atom stereocenters. The second kappa shape index (κ2) is 14.2. The minimum Gasteiger partial charge on any atom is -0.497 e. The SMILES string of the molecule is COc1ccc2c3ccc(OC)cc3n(-c3cc(-c4cccc(C#N)c4)c(-n4c5cc(C(C)(C)C)ccc5c5ccc(C(C)(C)C)cc54)c(-c4cccc(C#N)c4)c3)c2c1. The van der Waals surface area contributed by atoms with Crippen LogP contribution in [0, 0.1) is 22.7 Å². The minimum atomic E-state index is -0.109. The van der Waals surface area contributed by atoms with E-state index in [4.69, 9.17) is 9.47 Å². The standard InChI is InChI=1S/C54H46N4O2/c1-53(2,3)37-15-19-42-43-20-16-38(54(4,5)6)26-49(43)58(48(42)25-37)52-46(35-13-9-11-33(23-35)31-55)27-39(28-47(52)36-14-10-12-34(24-36)32-56)57-50-29-40(59-7)17-21-44(50)45-22-18-41(60-8)30-51(45)57/h9-30H,1-8H3. The fourth-order valence-corrected chi connectivity index (χ4v) is 8.64. The molecule has 0 aliphatic heterocycles.